The molecule has 1 saturated carbocycles. The number of methoxy groups -OCH3 is 2. The number of ether oxygens (including phenoxy) is 4. The summed E-state index contributed by atoms with van der Waals surface area (Å²) in [6.45, 7) is 8.58. The number of nitrogens with zero attached hydrogens (tertiary/aromatic N) is 4. The van der Waals surface area contributed by atoms with E-state index < -0.39 is 30.3 Å². The highest BCUT2D eigenvalue weighted by atomic mass is 16.5. The van der Waals surface area contributed by atoms with Crippen LogP contribution >= 0.6 is 0 Å². The summed E-state index contributed by atoms with van der Waals surface area (Å²) in [4.78, 5) is 74.2. The number of hydrogen-bond donors (Lipinski definition) is 4. The first kappa shape index (κ1) is 46.8. The van der Waals surface area contributed by atoms with Gasteiger partial charge in [-0.25, -0.2) is 19.6 Å². The molecule has 3 aliphatic heterocycles. The number of nitrogens with one attached hydrogen (secondary N) is 4. The fraction of sp³-hybridized carbons (Fsp3) is 0.444. The minimum atomic E-state index is -0.954. The Kier molecular flexibility index (Phi) is 13.2. The summed E-state index contributed by atoms with van der Waals surface area (Å²) in [5, 5.41) is 7.45. The number of amides is 4. The van der Waals surface area contributed by atoms with Gasteiger partial charge >= 0.3 is 12.2 Å². The number of hydrogen-bond acceptors (Lipinski definition) is 10. The van der Waals surface area contributed by atoms with Crippen LogP contribution in [0.1, 0.15) is 100 Å². The van der Waals surface area contributed by atoms with Crippen LogP contribution in [0.3, 0.4) is 0 Å². The lowest BCUT2D eigenvalue weighted by Crippen LogP contribution is -2.51. The van der Waals surface area contributed by atoms with Crippen LogP contribution in [-0.2, 0) is 30.4 Å². The lowest BCUT2D eigenvalue weighted by atomic mass is 9.92. The number of likely N-dealkylation sites (tertiary alicyclic amines) is 2. The minimum absolute atomic E-state index is 0.0733. The zero-order chi connectivity index (χ0) is 48.6. The normalized spacial score (nSPS) is 20.8. The maximum absolute atomic E-state index is 14.7. The molecule has 0 unspecified atom stereocenters. The molecule has 6 atom stereocenters. The zero-order valence-electron chi connectivity index (χ0n) is 40.5. The van der Waals surface area contributed by atoms with Gasteiger partial charge in [-0.1, -0.05) is 82.1 Å². The van der Waals surface area contributed by atoms with Crippen LogP contribution in [0.5, 0.6) is 5.75 Å². The number of benzene rings is 4. The molecular formula is C54H62N8O8. The molecule has 4 aliphatic rings. The number of carbonyl (C=O) groups excluding carboxylic acids is 4. The Labute approximate surface area is 407 Å². The second-order valence-corrected chi connectivity index (χ2v) is 20.0. The average molecular weight is 951 g/mol. The van der Waals surface area contributed by atoms with Crippen molar-refractivity contribution >= 4 is 45.8 Å². The van der Waals surface area contributed by atoms with Crippen LogP contribution in [0.2, 0.25) is 0 Å². The van der Waals surface area contributed by atoms with E-state index in [4.69, 9.17) is 28.9 Å². The Hall–Kier alpha value is -6.94. The molecule has 16 nitrogen and oxygen atoms in total. The molecule has 4 aromatic carbocycles. The summed E-state index contributed by atoms with van der Waals surface area (Å²) >= 11 is 0. The number of H-pyrrole nitrogens is 2. The van der Waals surface area contributed by atoms with Gasteiger partial charge in [0.05, 0.1) is 55.8 Å². The van der Waals surface area contributed by atoms with Crippen LogP contribution in [0.15, 0.2) is 79.0 Å². The van der Waals surface area contributed by atoms with Crippen molar-refractivity contribution in [3.63, 3.8) is 0 Å². The van der Waals surface area contributed by atoms with Crippen molar-refractivity contribution in [3.8, 4) is 28.1 Å². The molecule has 4 N–H and O–H groups in total. The second kappa shape index (κ2) is 19.8. The molecule has 4 amide bonds. The fourth-order valence-corrected chi connectivity index (χ4v) is 11.1. The Bertz CT molecular complexity index is 2910. The van der Waals surface area contributed by atoms with E-state index in [-0.39, 0.29) is 35.6 Å². The molecule has 6 aromatic rings. The lowest BCUT2D eigenvalue weighted by molar-refractivity contribution is -0.136. The SMILES string of the molecule is COC(=O)N[C@H](C(=O)N1C[C@@H](C)C[C@H]1c1ncc(-c2ccc3c(c2)COc2cc4c(ccc5[nH]c([C@@H]6C[C@H](COCC7CCCC7)CN6C(=O)[C@H](NC(=O)OC)c6ccccc6)nc54)cc2-3)[nH]1)C(C)C. The van der Waals surface area contributed by atoms with Crippen LogP contribution in [0.4, 0.5) is 9.59 Å². The summed E-state index contributed by atoms with van der Waals surface area (Å²) in [5.41, 5.74) is 7.16. The third-order valence-corrected chi connectivity index (χ3v) is 14.8. The predicted octanol–water partition coefficient (Wildman–Crippen LogP) is 9.15. The predicted molar refractivity (Wildman–Crippen MR) is 263 cm³/mol. The largest absolute Gasteiger partial charge is 0.488 e. The van der Waals surface area contributed by atoms with Crippen molar-refractivity contribution in [1.82, 2.24) is 40.4 Å². The van der Waals surface area contributed by atoms with Crippen molar-refractivity contribution < 1.29 is 38.1 Å². The molecule has 16 heteroatoms. The summed E-state index contributed by atoms with van der Waals surface area (Å²) in [6, 6.07) is 21.6. The van der Waals surface area contributed by atoms with Gasteiger partial charge in [0.25, 0.3) is 5.91 Å². The third kappa shape index (κ3) is 9.28. The van der Waals surface area contributed by atoms with Gasteiger partial charge in [-0.3, -0.25) is 9.59 Å². The summed E-state index contributed by atoms with van der Waals surface area (Å²) in [6.07, 6.45) is 6.79. The number of aromatic amines is 2. The zero-order valence-corrected chi connectivity index (χ0v) is 40.5. The van der Waals surface area contributed by atoms with Gasteiger partial charge in [0, 0.05) is 36.6 Å². The highest BCUT2D eigenvalue weighted by Crippen LogP contribution is 2.44. The molecule has 0 spiro atoms. The first-order chi connectivity index (χ1) is 34.0. The first-order valence-electron chi connectivity index (χ1n) is 24.7. The number of fused-ring (bicyclic) bond motifs is 6. The van der Waals surface area contributed by atoms with E-state index in [9.17, 15) is 19.2 Å². The Morgan fingerprint density at radius 1 is 0.800 bits per heavy atom. The van der Waals surface area contributed by atoms with Gasteiger partial charge < -0.3 is 49.3 Å². The second-order valence-electron chi connectivity index (χ2n) is 20.0. The highest BCUT2D eigenvalue weighted by molar-refractivity contribution is 6.07. The van der Waals surface area contributed by atoms with E-state index >= 15 is 0 Å². The molecule has 1 aliphatic carbocycles. The van der Waals surface area contributed by atoms with Crippen LogP contribution < -0.4 is 15.4 Å². The number of alkyl carbamates (subject to hydrolysis) is 2. The Balaban J connectivity index is 0.910. The molecule has 2 saturated heterocycles. The van der Waals surface area contributed by atoms with Gasteiger partial charge in [-0.05, 0) is 95.3 Å². The molecule has 0 radical (unpaired) electrons. The van der Waals surface area contributed by atoms with Crippen LogP contribution in [0.25, 0.3) is 44.2 Å². The van der Waals surface area contributed by atoms with E-state index in [1.165, 1.54) is 39.9 Å². The fourth-order valence-electron chi connectivity index (χ4n) is 11.1. The minimum Gasteiger partial charge on any atom is -0.488 e. The van der Waals surface area contributed by atoms with Crippen molar-refractivity contribution in [2.45, 2.75) is 90.1 Å². The van der Waals surface area contributed by atoms with Crippen molar-refractivity contribution in [3.05, 3.63) is 102 Å². The smallest absolute Gasteiger partial charge is 0.407 e. The number of imidazole rings is 2. The van der Waals surface area contributed by atoms with Gasteiger partial charge in [0.1, 0.15) is 36.1 Å². The van der Waals surface area contributed by atoms with E-state index in [0.717, 1.165) is 68.5 Å². The van der Waals surface area contributed by atoms with Crippen molar-refractivity contribution in [2.24, 2.45) is 23.7 Å². The average Bonchev–Trinajstić information content (AvgIpc) is 4.25. The molecule has 70 heavy (non-hydrogen) atoms. The van der Waals surface area contributed by atoms with E-state index in [1.54, 1.807) is 0 Å². The Morgan fingerprint density at radius 2 is 1.54 bits per heavy atom. The summed E-state index contributed by atoms with van der Waals surface area (Å²) in [5.74, 6) is 2.52. The monoisotopic (exact) mass is 950 g/mol. The molecule has 10 rings (SSSR count). The highest BCUT2D eigenvalue weighted by Gasteiger charge is 2.43. The van der Waals surface area contributed by atoms with E-state index in [1.807, 2.05) is 66.2 Å². The number of rotatable bonds is 13. The molecule has 0 bridgehead atoms. The van der Waals surface area contributed by atoms with Gasteiger partial charge in [-0.15, -0.1) is 0 Å². The maximum Gasteiger partial charge on any atom is 0.407 e. The maximum atomic E-state index is 14.7. The number of aromatic nitrogens is 4. The molecule has 3 fully saturated rings. The van der Waals surface area contributed by atoms with Crippen molar-refractivity contribution in [2.75, 3.05) is 40.5 Å². The van der Waals surface area contributed by atoms with Gasteiger partial charge in [0.2, 0.25) is 5.91 Å². The summed E-state index contributed by atoms with van der Waals surface area (Å²) in [7, 11) is 2.59. The van der Waals surface area contributed by atoms with Crippen LogP contribution in [0, 0.1) is 23.7 Å². The van der Waals surface area contributed by atoms with Crippen molar-refractivity contribution in [1.29, 1.82) is 0 Å². The first-order valence-corrected chi connectivity index (χ1v) is 24.7. The van der Waals surface area contributed by atoms with Crippen LogP contribution in [-0.4, -0.2) is 100 Å². The molecular weight excluding hydrogens is 889 g/mol. The standard InChI is InChI=1S/C54H62N8O8/c1-30(2)46(59-53(65)67-4)51(63)61-25-31(3)19-43(61)49-55-24-42(57-49)36-15-17-38-37(21-36)29-70-45-23-39-35(22-40(38)45)16-18-41-48(39)58-50(56-41)44-20-33(28-69-27-32-11-9-10-12-32)26-62(44)52(64)47(60-54(66)68-5)34-13-7-6-8-14-34/h6-8,13-18,21-24,30-33,43-44,46-47H,9-12,19-20,25-29H2,1-5H3,(H,55,57)(H,56,58)(H,59,65)(H,60,66)/t31-,33-,43-,44-,46-,47+/m0/s1. The quantitative estimate of drug-likeness (QED) is 0.0868. The molecule has 5 heterocycles. The number of carbonyl (C=O) groups is 4. The Morgan fingerprint density at radius 3 is 2.31 bits per heavy atom. The van der Waals surface area contributed by atoms with E-state index in [0.29, 0.717) is 55.9 Å². The molecule has 366 valence electrons. The third-order valence-electron chi connectivity index (χ3n) is 14.8. The summed E-state index contributed by atoms with van der Waals surface area (Å²) < 4.78 is 22.6. The van der Waals surface area contributed by atoms with Gasteiger partial charge in [0.15, 0.2) is 0 Å². The lowest BCUT2D eigenvalue weighted by Gasteiger charge is -2.30. The topological polar surface area (TPSA) is 193 Å². The molecule has 2 aromatic heterocycles. The van der Waals surface area contributed by atoms with E-state index in [2.05, 4.69) is 63.9 Å². The van der Waals surface area contributed by atoms with Gasteiger partial charge in [-0.2, -0.15) is 0 Å².